The number of nitrogens with one attached hydrogen (secondary N) is 1. The second kappa shape index (κ2) is 4.88. The van der Waals surface area contributed by atoms with E-state index >= 15 is 0 Å². The molecule has 4 nitrogen and oxygen atoms in total. The normalized spacial score (nSPS) is 11.0. The third kappa shape index (κ3) is 2.17. The maximum atomic E-state index is 13.9. The number of methoxy groups -OCH3 is 1. The van der Waals surface area contributed by atoms with Crippen molar-refractivity contribution in [1.82, 2.24) is 14.5 Å². The first-order valence-electron chi connectivity index (χ1n) is 5.82. The number of hydrogen-bond donors (Lipinski definition) is 1. The Bertz CT molecular complexity index is 904. The minimum absolute atomic E-state index is 0.107. The van der Waals surface area contributed by atoms with E-state index in [2.05, 4.69) is 9.97 Å². The molecule has 0 saturated heterocycles. The topological polar surface area (TPSA) is 42.8 Å². The molecule has 0 bridgehead atoms. The van der Waals surface area contributed by atoms with Crippen LogP contribution in [0.1, 0.15) is 0 Å². The van der Waals surface area contributed by atoms with E-state index in [0.29, 0.717) is 11.6 Å². The summed E-state index contributed by atoms with van der Waals surface area (Å²) in [4.78, 5) is 6.96. The lowest BCUT2D eigenvalue weighted by molar-refractivity contribution is 0.399. The van der Waals surface area contributed by atoms with Crippen LogP contribution in [-0.2, 0) is 0 Å². The summed E-state index contributed by atoms with van der Waals surface area (Å²) in [6.45, 7) is 0. The zero-order valence-corrected chi connectivity index (χ0v) is 11.5. The van der Waals surface area contributed by atoms with Gasteiger partial charge in [0.05, 0.1) is 18.3 Å². The Morgan fingerprint density at radius 1 is 1.14 bits per heavy atom. The highest BCUT2D eigenvalue weighted by molar-refractivity contribution is 7.71. The Balaban J connectivity index is 2.36. The molecule has 0 aliphatic heterocycles. The second-order valence-corrected chi connectivity index (χ2v) is 4.59. The molecule has 0 saturated carbocycles. The van der Waals surface area contributed by atoms with Crippen LogP contribution in [0.2, 0.25) is 0 Å². The number of halogens is 3. The molecule has 1 aromatic carbocycles. The first kappa shape index (κ1) is 13.6. The van der Waals surface area contributed by atoms with E-state index in [9.17, 15) is 13.2 Å². The van der Waals surface area contributed by atoms with Crippen molar-refractivity contribution in [2.24, 2.45) is 0 Å². The minimum atomic E-state index is -1.27. The van der Waals surface area contributed by atoms with Crippen LogP contribution in [0, 0.1) is 22.2 Å². The van der Waals surface area contributed by atoms with Gasteiger partial charge in [-0.05, 0) is 18.3 Å². The van der Waals surface area contributed by atoms with Gasteiger partial charge >= 0.3 is 0 Å². The van der Waals surface area contributed by atoms with Gasteiger partial charge in [-0.2, -0.15) is 4.98 Å². The van der Waals surface area contributed by atoms with Crippen LogP contribution >= 0.6 is 12.2 Å². The fourth-order valence-electron chi connectivity index (χ4n) is 1.99. The molecule has 0 spiro atoms. The molecule has 0 unspecified atom stereocenters. The molecule has 1 N–H and O–H groups in total. The maximum absolute atomic E-state index is 13.9. The average Bonchev–Trinajstić information content (AvgIpc) is 2.78. The van der Waals surface area contributed by atoms with E-state index in [-0.39, 0.29) is 22.0 Å². The number of ether oxygens (including phenoxy) is 1. The summed E-state index contributed by atoms with van der Waals surface area (Å²) in [6, 6.07) is 4.44. The molecular formula is C13H8F3N3OS. The number of imidazole rings is 1. The van der Waals surface area contributed by atoms with Crippen molar-refractivity contribution >= 4 is 23.4 Å². The number of H-pyrrole nitrogens is 1. The summed E-state index contributed by atoms with van der Waals surface area (Å²) in [7, 11) is 1.43. The van der Waals surface area contributed by atoms with Gasteiger partial charge in [0, 0.05) is 18.2 Å². The number of hydrogen-bond acceptors (Lipinski definition) is 3. The van der Waals surface area contributed by atoms with Crippen molar-refractivity contribution in [3.8, 4) is 11.6 Å². The molecule has 108 valence electrons. The molecule has 2 heterocycles. The quantitative estimate of drug-likeness (QED) is 0.582. The molecule has 0 amide bonds. The van der Waals surface area contributed by atoms with Crippen molar-refractivity contribution in [1.29, 1.82) is 0 Å². The van der Waals surface area contributed by atoms with E-state index < -0.39 is 17.5 Å². The van der Waals surface area contributed by atoms with Gasteiger partial charge in [-0.1, -0.05) is 0 Å². The number of fused-ring (bicyclic) bond motifs is 1. The van der Waals surface area contributed by atoms with E-state index in [0.717, 1.165) is 6.07 Å². The number of pyridine rings is 1. The van der Waals surface area contributed by atoms with Crippen LogP contribution in [0.4, 0.5) is 13.2 Å². The van der Waals surface area contributed by atoms with Crippen LogP contribution in [0.15, 0.2) is 24.3 Å². The van der Waals surface area contributed by atoms with Crippen LogP contribution in [-0.4, -0.2) is 21.6 Å². The number of aromatic nitrogens is 3. The van der Waals surface area contributed by atoms with Gasteiger partial charge in [0.1, 0.15) is 5.82 Å². The fourth-order valence-corrected chi connectivity index (χ4v) is 2.28. The molecule has 21 heavy (non-hydrogen) atoms. The van der Waals surface area contributed by atoms with Crippen LogP contribution in [0.5, 0.6) is 5.88 Å². The monoisotopic (exact) mass is 311 g/mol. The van der Waals surface area contributed by atoms with Gasteiger partial charge in [-0.25, -0.2) is 13.2 Å². The lowest BCUT2D eigenvalue weighted by Gasteiger charge is -2.07. The molecule has 3 aromatic rings. The zero-order valence-electron chi connectivity index (χ0n) is 10.7. The van der Waals surface area contributed by atoms with Crippen LogP contribution < -0.4 is 4.74 Å². The molecule has 0 fully saturated rings. The number of rotatable bonds is 2. The summed E-state index contributed by atoms with van der Waals surface area (Å²) in [5.41, 5.74) is 0.542. The van der Waals surface area contributed by atoms with Gasteiger partial charge in [0.25, 0.3) is 0 Å². The highest BCUT2D eigenvalue weighted by Crippen LogP contribution is 2.24. The Morgan fingerprint density at radius 2 is 1.86 bits per heavy atom. The molecule has 0 atom stereocenters. The Kier molecular flexibility index (Phi) is 3.17. The van der Waals surface area contributed by atoms with E-state index in [4.69, 9.17) is 17.0 Å². The molecule has 0 aliphatic carbocycles. The van der Waals surface area contributed by atoms with E-state index in [1.54, 1.807) is 12.1 Å². The first-order chi connectivity index (χ1) is 10.0. The summed E-state index contributed by atoms with van der Waals surface area (Å²) >= 11 is 5.09. The van der Waals surface area contributed by atoms with Gasteiger partial charge in [-0.15, -0.1) is 0 Å². The van der Waals surface area contributed by atoms with Crippen LogP contribution in [0.3, 0.4) is 0 Å². The van der Waals surface area contributed by atoms with Crippen molar-refractivity contribution in [2.45, 2.75) is 0 Å². The van der Waals surface area contributed by atoms with E-state index in [1.807, 2.05) is 0 Å². The zero-order chi connectivity index (χ0) is 15.1. The SMILES string of the molecule is COc1ccc2[nH]c(=S)n(-c3cc(F)c(F)cc3F)c2n1. The summed E-state index contributed by atoms with van der Waals surface area (Å²) in [5, 5.41) is 0. The molecule has 0 aliphatic rings. The van der Waals surface area contributed by atoms with Crippen molar-refractivity contribution in [2.75, 3.05) is 7.11 Å². The Hall–Kier alpha value is -2.35. The Labute approximate surface area is 121 Å². The van der Waals surface area contributed by atoms with E-state index in [1.165, 1.54) is 11.7 Å². The number of benzene rings is 1. The van der Waals surface area contributed by atoms with Gasteiger partial charge in [0.2, 0.25) is 5.88 Å². The average molecular weight is 311 g/mol. The third-order valence-corrected chi connectivity index (χ3v) is 3.23. The predicted molar refractivity (Wildman–Crippen MR) is 72.7 cm³/mol. The number of nitrogens with zero attached hydrogens (tertiary/aromatic N) is 2. The smallest absolute Gasteiger partial charge is 0.215 e. The standard InChI is InChI=1S/C13H8F3N3OS/c1-20-11-3-2-9-12(18-11)19(13(21)17-9)10-5-7(15)6(14)4-8(10)16/h2-5H,1H3,(H,17,21). The van der Waals surface area contributed by atoms with Crippen molar-refractivity contribution in [3.05, 3.63) is 46.5 Å². The Morgan fingerprint density at radius 3 is 2.57 bits per heavy atom. The summed E-state index contributed by atoms with van der Waals surface area (Å²) in [6.07, 6.45) is 0. The minimum Gasteiger partial charge on any atom is -0.481 e. The van der Waals surface area contributed by atoms with Gasteiger partial charge in [-0.3, -0.25) is 4.57 Å². The van der Waals surface area contributed by atoms with Crippen LogP contribution in [0.25, 0.3) is 16.9 Å². The van der Waals surface area contributed by atoms with Crippen molar-refractivity contribution in [3.63, 3.8) is 0 Å². The largest absolute Gasteiger partial charge is 0.481 e. The maximum Gasteiger partial charge on any atom is 0.215 e. The second-order valence-electron chi connectivity index (χ2n) is 4.21. The molecule has 0 radical (unpaired) electrons. The molecule has 3 rings (SSSR count). The molecule has 8 heteroatoms. The lowest BCUT2D eigenvalue weighted by atomic mass is 10.2. The fraction of sp³-hybridized carbons (Fsp3) is 0.0769. The summed E-state index contributed by atoms with van der Waals surface area (Å²) in [5.74, 6) is -3.11. The predicted octanol–water partition coefficient (Wildman–Crippen LogP) is 3.51. The lowest BCUT2D eigenvalue weighted by Crippen LogP contribution is -2.02. The summed E-state index contributed by atoms with van der Waals surface area (Å²) < 4.78 is 46.6. The molecule has 2 aromatic heterocycles. The first-order valence-corrected chi connectivity index (χ1v) is 6.23. The highest BCUT2D eigenvalue weighted by Gasteiger charge is 2.16. The highest BCUT2D eigenvalue weighted by atomic mass is 32.1. The van der Waals surface area contributed by atoms with Crippen molar-refractivity contribution < 1.29 is 17.9 Å². The third-order valence-electron chi connectivity index (χ3n) is 2.95. The van der Waals surface area contributed by atoms with Gasteiger partial charge in [0.15, 0.2) is 22.1 Å². The van der Waals surface area contributed by atoms with Gasteiger partial charge < -0.3 is 9.72 Å². The number of aromatic amines is 1. The molecular weight excluding hydrogens is 303 g/mol.